The normalized spacial score (nSPS) is 46.9. The highest BCUT2D eigenvalue weighted by Crippen LogP contribution is 2.59. The molecule has 1 aliphatic carbocycles. The Balaban J connectivity index is 1.79. The van der Waals surface area contributed by atoms with Gasteiger partial charge in [0, 0.05) is 18.3 Å². The van der Waals surface area contributed by atoms with Gasteiger partial charge >= 0.3 is 11.9 Å². The topological polar surface area (TPSA) is 91.3 Å². The molecule has 0 radical (unpaired) electrons. The van der Waals surface area contributed by atoms with Crippen molar-refractivity contribution >= 4 is 11.9 Å². The van der Waals surface area contributed by atoms with Gasteiger partial charge in [-0.2, -0.15) is 0 Å². The Morgan fingerprint density at radius 2 is 2.03 bits per heavy atom. The van der Waals surface area contributed by atoms with E-state index in [-0.39, 0.29) is 47.8 Å². The van der Waals surface area contributed by atoms with E-state index >= 15 is 0 Å². The number of rotatable bonds is 4. The summed E-state index contributed by atoms with van der Waals surface area (Å²) in [5.74, 6) is -0.558. The maximum absolute atomic E-state index is 13.0. The van der Waals surface area contributed by atoms with E-state index in [1.807, 2.05) is 27.7 Å². The van der Waals surface area contributed by atoms with E-state index in [1.54, 1.807) is 0 Å². The summed E-state index contributed by atoms with van der Waals surface area (Å²) in [6, 6.07) is 0. The molecule has 0 aromatic heterocycles. The van der Waals surface area contributed by atoms with Crippen molar-refractivity contribution in [1.29, 1.82) is 0 Å². The van der Waals surface area contributed by atoms with Crippen molar-refractivity contribution in [3.8, 4) is 0 Å². The molecular weight excluding hydrogens is 400 g/mol. The number of esters is 2. The molecule has 0 aromatic rings. The molecular formula is C24H36O7. The van der Waals surface area contributed by atoms with Crippen molar-refractivity contribution < 1.29 is 33.9 Å². The molecule has 9 atom stereocenters. The van der Waals surface area contributed by atoms with Gasteiger partial charge in [-0.1, -0.05) is 20.4 Å². The van der Waals surface area contributed by atoms with E-state index in [4.69, 9.17) is 19.1 Å². The maximum Gasteiger partial charge on any atom is 0.309 e. The SMILES string of the molecule is C=C1C[C@H]2O[C@@H]3[C@@H]4[C@H](CC[C@](C)(OC(=O)CCC)[C@@H]42)[C@H](C)C(=O)O[C@]3(C)CC[C@@H]1OO. The van der Waals surface area contributed by atoms with Crippen LogP contribution in [0.3, 0.4) is 0 Å². The van der Waals surface area contributed by atoms with Crippen LogP contribution in [-0.4, -0.2) is 46.7 Å². The second kappa shape index (κ2) is 8.16. The van der Waals surface area contributed by atoms with E-state index in [0.29, 0.717) is 32.1 Å². The van der Waals surface area contributed by atoms with Gasteiger partial charge in [-0.3, -0.25) is 14.8 Å². The average Bonchev–Trinajstić information content (AvgIpc) is 3.07. The van der Waals surface area contributed by atoms with Gasteiger partial charge < -0.3 is 14.2 Å². The smallest absolute Gasteiger partial charge is 0.309 e. The summed E-state index contributed by atoms with van der Waals surface area (Å²) in [4.78, 5) is 30.3. The lowest BCUT2D eigenvalue weighted by atomic mass is 9.58. The molecule has 1 N–H and O–H groups in total. The number of ether oxygens (including phenoxy) is 3. The van der Waals surface area contributed by atoms with E-state index in [2.05, 4.69) is 6.58 Å². The van der Waals surface area contributed by atoms with Crippen LogP contribution in [0.5, 0.6) is 0 Å². The number of carbonyl (C=O) groups is 2. The molecule has 7 nitrogen and oxygen atoms in total. The van der Waals surface area contributed by atoms with Crippen molar-refractivity contribution in [2.45, 2.75) is 102 Å². The molecule has 3 saturated heterocycles. The molecule has 4 rings (SSSR count). The molecule has 0 unspecified atom stereocenters. The monoisotopic (exact) mass is 436 g/mol. The van der Waals surface area contributed by atoms with E-state index < -0.39 is 17.3 Å². The Kier molecular flexibility index (Phi) is 5.99. The summed E-state index contributed by atoms with van der Waals surface area (Å²) < 4.78 is 18.9. The van der Waals surface area contributed by atoms with Crippen molar-refractivity contribution in [3.05, 3.63) is 12.2 Å². The zero-order valence-electron chi connectivity index (χ0n) is 19.1. The zero-order valence-corrected chi connectivity index (χ0v) is 19.1. The summed E-state index contributed by atoms with van der Waals surface area (Å²) in [5.41, 5.74) is -0.778. The third kappa shape index (κ3) is 3.72. The summed E-state index contributed by atoms with van der Waals surface area (Å²) in [6.07, 6.45) is 2.99. The van der Waals surface area contributed by atoms with Gasteiger partial charge in [0.15, 0.2) is 0 Å². The summed E-state index contributed by atoms with van der Waals surface area (Å²) in [7, 11) is 0. The lowest BCUT2D eigenvalue weighted by molar-refractivity contribution is -0.272. The van der Waals surface area contributed by atoms with Crippen LogP contribution in [0, 0.1) is 23.7 Å². The molecule has 3 heterocycles. The number of hydrogen-bond acceptors (Lipinski definition) is 7. The molecule has 0 amide bonds. The van der Waals surface area contributed by atoms with E-state index in [0.717, 1.165) is 18.4 Å². The minimum Gasteiger partial charge on any atom is -0.459 e. The number of fused-ring (bicyclic) bond motifs is 2. The fourth-order valence-electron chi connectivity index (χ4n) is 6.73. The first-order chi connectivity index (χ1) is 14.6. The molecule has 2 bridgehead atoms. The Morgan fingerprint density at radius 3 is 2.71 bits per heavy atom. The highest BCUT2D eigenvalue weighted by molar-refractivity contribution is 5.73. The van der Waals surface area contributed by atoms with Gasteiger partial charge in [-0.25, -0.2) is 4.89 Å². The fraction of sp³-hybridized carbons (Fsp3) is 0.833. The minimum atomic E-state index is -0.842. The first kappa shape index (κ1) is 22.7. The number of carbonyl (C=O) groups excluding carboxylic acids is 2. The second-order valence-electron chi connectivity index (χ2n) is 10.5. The maximum atomic E-state index is 13.0. The largest absolute Gasteiger partial charge is 0.459 e. The third-order valence-corrected chi connectivity index (χ3v) is 8.36. The Morgan fingerprint density at radius 1 is 1.29 bits per heavy atom. The van der Waals surface area contributed by atoms with Crippen LogP contribution in [0.25, 0.3) is 0 Å². The lowest BCUT2D eigenvalue weighted by Gasteiger charge is -2.48. The van der Waals surface area contributed by atoms with Crippen LogP contribution < -0.4 is 0 Å². The summed E-state index contributed by atoms with van der Waals surface area (Å²) in [5, 5.41) is 9.48. The van der Waals surface area contributed by atoms with E-state index in [1.165, 1.54) is 0 Å². The fourth-order valence-corrected chi connectivity index (χ4v) is 6.73. The van der Waals surface area contributed by atoms with Gasteiger partial charge in [-0.05, 0) is 63.9 Å². The van der Waals surface area contributed by atoms with Crippen LogP contribution >= 0.6 is 0 Å². The first-order valence-electron chi connectivity index (χ1n) is 11.7. The molecule has 174 valence electrons. The molecule has 1 saturated carbocycles. The molecule has 7 heteroatoms. The molecule has 31 heavy (non-hydrogen) atoms. The predicted octanol–water partition coefficient (Wildman–Crippen LogP) is 4.05. The Bertz CT molecular complexity index is 750. The lowest BCUT2D eigenvalue weighted by Crippen LogP contribution is -2.55. The van der Waals surface area contributed by atoms with Gasteiger partial charge in [0.05, 0.1) is 12.0 Å². The van der Waals surface area contributed by atoms with Crippen molar-refractivity contribution in [1.82, 2.24) is 0 Å². The first-order valence-corrected chi connectivity index (χ1v) is 11.7. The van der Waals surface area contributed by atoms with Gasteiger partial charge in [0.1, 0.15) is 23.4 Å². The minimum absolute atomic E-state index is 0.0454. The van der Waals surface area contributed by atoms with Crippen LogP contribution in [0.15, 0.2) is 12.2 Å². The average molecular weight is 437 g/mol. The molecule has 4 fully saturated rings. The highest BCUT2D eigenvalue weighted by atomic mass is 17.1. The molecule has 4 aliphatic rings. The molecule has 0 aromatic carbocycles. The Hall–Kier alpha value is -1.44. The van der Waals surface area contributed by atoms with Gasteiger partial charge in [0.25, 0.3) is 0 Å². The van der Waals surface area contributed by atoms with Crippen molar-refractivity contribution in [3.63, 3.8) is 0 Å². The second-order valence-corrected chi connectivity index (χ2v) is 10.5. The summed E-state index contributed by atoms with van der Waals surface area (Å²) >= 11 is 0. The molecule has 3 aliphatic heterocycles. The van der Waals surface area contributed by atoms with Crippen LogP contribution in [0.2, 0.25) is 0 Å². The van der Waals surface area contributed by atoms with Gasteiger partial charge in [0.2, 0.25) is 0 Å². The predicted molar refractivity (Wildman–Crippen MR) is 112 cm³/mol. The standard InChI is InChI=1S/C24H36O7/c1-6-7-18(25)29-23(4)10-8-15-14(3)22(26)30-24(5)11-9-16(31-27)13(2)12-17-20(23)19(15)21(24)28-17/h14-17,19-21,27H,2,6-12H2,1,3-5H3/t14-,15+,16-,17+,19+,20+,21+,23-,24+/m0/s1. The molecule has 0 spiro atoms. The number of hydrogen-bond donors (Lipinski definition) is 1. The van der Waals surface area contributed by atoms with Gasteiger partial charge in [-0.15, -0.1) is 0 Å². The van der Waals surface area contributed by atoms with Crippen LogP contribution in [0.4, 0.5) is 0 Å². The van der Waals surface area contributed by atoms with Crippen molar-refractivity contribution in [2.75, 3.05) is 0 Å². The van der Waals surface area contributed by atoms with E-state index in [9.17, 15) is 14.8 Å². The van der Waals surface area contributed by atoms with Crippen molar-refractivity contribution in [2.24, 2.45) is 23.7 Å². The summed E-state index contributed by atoms with van der Waals surface area (Å²) in [6.45, 7) is 12.0. The highest BCUT2D eigenvalue weighted by Gasteiger charge is 2.66. The van der Waals surface area contributed by atoms with Crippen LogP contribution in [0.1, 0.15) is 72.6 Å². The quantitative estimate of drug-likeness (QED) is 0.308. The third-order valence-electron chi connectivity index (χ3n) is 8.36. The van der Waals surface area contributed by atoms with Crippen LogP contribution in [-0.2, 0) is 28.7 Å². The Labute approximate surface area is 184 Å². The zero-order chi connectivity index (χ0) is 22.6.